The Hall–Kier alpha value is -3.43. The third kappa shape index (κ3) is 6.90. The standard InChI is InChI=1S/C28H31ClFN3O4S/c1-3-18-31-28(35)25(4-2)32(19-21-12-8-9-15-23(21)29)27(34)20-33(26-17-11-10-16-24(26)30)38(36,37)22-13-6-5-7-14-22/h5-17,25H,3-4,18-20H2,1-2H3,(H,31,35)/t25-/m0/s1. The summed E-state index contributed by atoms with van der Waals surface area (Å²) in [5.74, 6) is -1.84. The molecule has 1 N–H and O–H groups in total. The van der Waals surface area contributed by atoms with Crippen molar-refractivity contribution < 1.29 is 22.4 Å². The topological polar surface area (TPSA) is 86.8 Å². The molecule has 0 bridgehead atoms. The highest BCUT2D eigenvalue weighted by molar-refractivity contribution is 7.92. The maximum atomic E-state index is 14.9. The summed E-state index contributed by atoms with van der Waals surface area (Å²) < 4.78 is 43.0. The maximum absolute atomic E-state index is 14.9. The first kappa shape index (κ1) is 29.1. The average Bonchev–Trinajstić information content (AvgIpc) is 2.92. The van der Waals surface area contributed by atoms with Gasteiger partial charge in [-0.2, -0.15) is 0 Å². The highest BCUT2D eigenvalue weighted by atomic mass is 35.5. The zero-order valence-electron chi connectivity index (χ0n) is 21.3. The van der Waals surface area contributed by atoms with Gasteiger partial charge in [0.2, 0.25) is 11.8 Å². The van der Waals surface area contributed by atoms with E-state index in [1.54, 1.807) is 49.4 Å². The second-order valence-electron chi connectivity index (χ2n) is 8.60. The molecule has 10 heteroatoms. The van der Waals surface area contributed by atoms with Gasteiger partial charge in [-0.25, -0.2) is 12.8 Å². The van der Waals surface area contributed by atoms with Crippen LogP contribution >= 0.6 is 11.6 Å². The Bertz CT molecular complexity index is 1350. The van der Waals surface area contributed by atoms with E-state index in [0.29, 0.717) is 23.6 Å². The van der Waals surface area contributed by atoms with E-state index in [1.165, 1.54) is 35.2 Å². The molecule has 0 aliphatic rings. The molecule has 3 aromatic rings. The van der Waals surface area contributed by atoms with Crippen LogP contribution < -0.4 is 9.62 Å². The largest absolute Gasteiger partial charge is 0.354 e. The zero-order valence-corrected chi connectivity index (χ0v) is 22.9. The molecular formula is C28H31ClFN3O4S. The summed E-state index contributed by atoms with van der Waals surface area (Å²) in [6.07, 6.45) is 0.980. The molecule has 0 aliphatic carbocycles. The number of hydrogen-bond donors (Lipinski definition) is 1. The van der Waals surface area contributed by atoms with Crippen molar-refractivity contribution in [3.8, 4) is 0 Å². The second-order valence-corrected chi connectivity index (χ2v) is 10.9. The third-order valence-electron chi connectivity index (χ3n) is 5.96. The number of carbonyl (C=O) groups is 2. The van der Waals surface area contributed by atoms with Gasteiger partial charge in [0.05, 0.1) is 10.6 Å². The number of halogens is 2. The summed E-state index contributed by atoms with van der Waals surface area (Å²) in [6.45, 7) is 3.34. The van der Waals surface area contributed by atoms with E-state index >= 15 is 0 Å². The van der Waals surface area contributed by atoms with Crippen LogP contribution in [0.5, 0.6) is 0 Å². The Morgan fingerprint density at radius 2 is 1.58 bits per heavy atom. The third-order valence-corrected chi connectivity index (χ3v) is 8.11. The minimum atomic E-state index is -4.33. The predicted octanol–water partition coefficient (Wildman–Crippen LogP) is 5.01. The zero-order chi connectivity index (χ0) is 27.7. The van der Waals surface area contributed by atoms with Crippen molar-refractivity contribution in [3.05, 3.63) is 95.3 Å². The number of carbonyl (C=O) groups excluding carboxylic acids is 2. The molecule has 1 atom stereocenters. The van der Waals surface area contributed by atoms with Gasteiger partial charge >= 0.3 is 0 Å². The Labute approximate surface area is 228 Å². The van der Waals surface area contributed by atoms with E-state index in [4.69, 9.17) is 11.6 Å². The molecular weight excluding hydrogens is 529 g/mol. The van der Waals surface area contributed by atoms with Crippen LogP contribution in [0.4, 0.5) is 10.1 Å². The second kappa shape index (κ2) is 13.4. The Morgan fingerprint density at radius 1 is 0.947 bits per heavy atom. The molecule has 3 aromatic carbocycles. The van der Waals surface area contributed by atoms with E-state index in [9.17, 15) is 22.4 Å². The van der Waals surface area contributed by atoms with Gasteiger partial charge in [-0.3, -0.25) is 13.9 Å². The summed E-state index contributed by atoms with van der Waals surface area (Å²) in [5, 5.41) is 3.21. The lowest BCUT2D eigenvalue weighted by Crippen LogP contribution is -2.52. The summed E-state index contributed by atoms with van der Waals surface area (Å²) in [6, 6.07) is 18.9. The first-order valence-corrected chi connectivity index (χ1v) is 14.1. The molecule has 38 heavy (non-hydrogen) atoms. The minimum absolute atomic E-state index is 0.0347. The molecule has 202 valence electrons. The van der Waals surface area contributed by atoms with Gasteiger partial charge < -0.3 is 10.2 Å². The highest BCUT2D eigenvalue weighted by Gasteiger charge is 2.34. The van der Waals surface area contributed by atoms with Crippen LogP contribution in [-0.2, 0) is 26.2 Å². The highest BCUT2D eigenvalue weighted by Crippen LogP contribution is 2.27. The number of amides is 2. The summed E-state index contributed by atoms with van der Waals surface area (Å²) in [4.78, 5) is 28.1. The fraction of sp³-hybridized carbons (Fsp3) is 0.286. The first-order valence-electron chi connectivity index (χ1n) is 12.3. The number of rotatable bonds is 12. The average molecular weight is 560 g/mol. The Morgan fingerprint density at radius 3 is 2.21 bits per heavy atom. The molecule has 0 unspecified atom stereocenters. The lowest BCUT2D eigenvalue weighted by atomic mass is 10.1. The fourth-order valence-electron chi connectivity index (χ4n) is 3.98. The summed E-state index contributed by atoms with van der Waals surface area (Å²) in [7, 11) is -4.33. The van der Waals surface area contributed by atoms with Gasteiger partial charge in [-0.1, -0.05) is 74.0 Å². The van der Waals surface area contributed by atoms with Crippen molar-refractivity contribution in [2.24, 2.45) is 0 Å². The summed E-state index contributed by atoms with van der Waals surface area (Å²) in [5.41, 5.74) is 0.318. The lowest BCUT2D eigenvalue weighted by Gasteiger charge is -2.33. The van der Waals surface area contributed by atoms with Gasteiger partial charge in [0.25, 0.3) is 10.0 Å². The van der Waals surface area contributed by atoms with E-state index in [-0.39, 0.29) is 29.5 Å². The van der Waals surface area contributed by atoms with Crippen LogP contribution in [0.2, 0.25) is 5.02 Å². The monoisotopic (exact) mass is 559 g/mol. The van der Waals surface area contributed by atoms with Crippen LogP contribution in [0, 0.1) is 5.82 Å². The predicted molar refractivity (Wildman–Crippen MR) is 147 cm³/mol. The number of para-hydroxylation sites is 1. The normalized spacial score (nSPS) is 12.0. The molecule has 0 aromatic heterocycles. The molecule has 0 fully saturated rings. The van der Waals surface area contributed by atoms with Crippen LogP contribution in [0.3, 0.4) is 0 Å². The molecule has 2 amide bonds. The van der Waals surface area contributed by atoms with Crippen LogP contribution in [0.15, 0.2) is 83.8 Å². The lowest BCUT2D eigenvalue weighted by molar-refractivity contribution is -0.140. The van der Waals surface area contributed by atoms with Crippen molar-refractivity contribution in [3.63, 3.8) is 0 Å². The molecule has 0 radical (unpaired) electrons. The van der Waals surface area contributed by atoms with Gasteiger partial charge in [0, 0.05) is 18.1 Å². The van der Waals surface area contributed by atoms with E-state index < -0.39 is 34.3 Å². The number of anilines is 1. The molecule has 0 saturated carbocycles. The van der Waals surface area contributed by atoms with E-state index in [1.807, 2.05) is 6.92 Å². The first-order chi connectivity index (χ1) is 18.2. The Balaban J connectivity index is 2.06. The van der Waals surface area contributed by atoms with Gasteiger partial charge in [-0.05, 0) is 48.7 Å². The van der Waals surface area contributed by atoms with Crippen LogP contribution in [0.25, 0.3) is 0 Å². The van der Waals surface area contributed by atoms with Crippen molar-refractivity contribution in [1.82, 2.24) is 10.2 Å². The SMILES string of the molecule is CCCNC(=O)[C@H](CC)N(Cc1ccccc1Cl)C(=O)CN(c1ccccc1F)S(=O)(=O)c1ccccc1. The fourth-order valence-corrected chi connectivity index (χ4v) is 5.62. The molecule has 0 spiro atoms. The quantitative estimate of drug-likeness (QED) is 0.338. The molecule has 0 saturated heterocycles. The van der Waals surface area contributed by atoms with Crippen molar-refractivity contribution in [2.75, 3.05) is 17.4 Å². The van der Waals surface area contributed by atoms with Crippen molar-refractivity contribution >= 4 is 39.1 Å². The molecule has 3 rings (SSSR count). The molecule has 7 nitrogen and oxygen atoms in total. The van der Waals surface area contributed by atoms with Gasteiger partial charge in [0.1, 0.15) is 18.4 Å². The number of benzene rings is 3. The number of hydrogen-bond acceptors (Lipinski definition) is 4. The van der Waals surface area contributed by atoms with Crippen LogP contribution in [-0.4, -0.2) is 44.3 Å². The molecule has 0 aliphatic heterocycles. The summed E-state index contributed by atoms with van der Waals surface area (Å²) >= 11 is 6.36. The van der Waals surface area contributed by atoms with Gasteiger partial charge in [-0.15, -0.1) is 0 Å². The number of nitrogens with one attached hydrogen (secondary N) is 1. The number of nitrogens with zero attached hydrogens (tertiary/aromatic N) is 2. The van der Waals surface area contributed by atoms with Crippen LogP contribution in [0.1, 0.15) is 32.3 Å². The van der Waals surface area contributed by atoms with E-state index in [0.717, 1.165) is 10.4 Å². The van der Waals surface area contributed by atoms with Crippen molar-refractivity contribution in [1.29, 1.82) is 0 Å². The Kier molecular flexibility index (Phi) is 10.3. The minimum Gasteiger partial charge on any atom is -0.354 e. The molecule has 0 heterocycles. The van der Waals surface area contributed by atoms with Crippen molar-refractivity contribution in [2.45, 2.75) is 44.2 Å². The smallest absolute Gasteiger partial charge is 0.264 e. The van der Waals surface area contributed by atoms with E-state index in [2.05, 4.69) is 5.32 Å². The van der Waals surface area contributed by atoms with Gasteiger partial charge in [0.15, 0.2) is 0 Å². The number of sulfonamides is 1. The maximum Gasteiger partial charge on any atom is 0.264 e.